The van der Waals surface area contributed by atoms with Crippen LogP contribution in [0.25, 0.3) is 0 Å². The van der Waals surface area contributed by atoms with Crippen LogP contribution in [0.2, 0.25) is 0 Å². The van der Waals surface area contributed by atoms with Crippen LogP contribution in [0.5, 0.6) is 0 Å². The predicted molar refractivity (Wildman–Crippen MR) is 66.0 cm³/mol. The molecule has 0 atom stereocenters. The van der Waals surface area contributed by atoms with E-state index in [4.69, 9.17) is 5.73 Å². The van der Waals surface area contributed by atoms with E-state index in [1.165, 1.54) is 24.3 Å². The summed E-state index contributed by atoms with van der Waals surface area (Å²) in [4.78, 5) is 13.6. The largest absolute Gasteiger partial charge is 0.346 e. The molecule has 0 aliphatic carbocycles. The van der Waals surface area contributed by atoms with Gasteiger partial charge < -0.3 is 10.6 Å². The molecule has 1 heterocycles. The molecule has 0 radical (unpaired) electrons. The van der Waals surface area contributed by atoms with Crippen LogP contribution < -0.4 is 5.73 Å². The zero-order chi connectivity index (χ0) is 11.1. The summed E-state index contributed by atoms with van der Waals surface area (Å²) in [6.07, 6.45) is 4.06. The SMILES string of the molecule is CN(CCCN)C(=O)CC1CCSCC1. The molecular weight excluding hydrogens is 208 g/mol. The predicted octanol–water partition coefficient (Wildman–Crippen LogP) is 1.33. The fourth-order valence-corrected chi connectivity index (χ4v) is 3.01. The smallest absolute Gasteiger partial charge is 0.222 e. The Morgan fingerprint density at radius 2 is 2.13 bits per heavy atom. The maximum atomic E-state index is 11.8. The molecule has 1 fully saturated rings. The molecule has 0 saturated carbocycles. The van der Waals surface area contributed by atoms with Gasteiger partial charge in [-0.3, -0.25) is 4.79 Å². The molecule has 0 unspecified atom stereocenters. The molecule has 0 spiro atoms. The lowest BCUT2D eigenvalue weighted by atomic mass is 9.98. The number of carbonyl (C=O) groups is 1. The van der Waals surface area contributed by atoms with E-state index in [1.807, 2.05) is 23.7 Å². The number of hydrogen-bond acceptors (Lipinski definition) is 3. The van der Waals surface area contributed by atoms with E-state index in [0.29, 0.717) is 18.4 Å². The maximum Gasteiger partial charge on any atom is 0.222 e. The Labute approximate surface area is 96.8 Å². The third-order valence-corrected chi connectivity index (χ3v) is 3.98. The Morgan fingerprint density at radius 3 is 2.73 bits per heavy atom. The summed E-state index contributed by atoms with van der Waals surface area (Å²) >= 11 is 2.01. The van der Waals surface area contributed by atoms with Gasteiger partial charge in [0.05, 0.1) is 0 Å². The van der Waals surface area contributed by atoms with Crippen LogP contribution in [0.1, 0.15) is 25.7 Å². The van der Waals surface area contributed by atoms with Crippen LogP contribution in [-0.2, 0) is 4.79 Å². The average molecular weight is 230 g/mol. The molecule has 1 amide bonds. The molecule has 15 heavy (non-hydrogen) atoms. The van der Waals surface area contributed by atoms with E-state index in [2.05, 4.69) is 0 Å². The summed E-state index contributed by atoms with van der Waals surface area (Å²) < 4.78 is 0. The number of amides is 1. The quantitative estimate of drug-likeness (QED) is 0.775. The molecule has 0 aromatic heterocycles. The van der Waals surface area contributed by atoms with Gasteiger partial charge in [-0.15, -0.1) is 0 Å². The molecule has 88 valence electrons. The second kappa shape index (κ2) is 7.12. The highest BCUT2D eigenvalue weighted by Gasteiger charge is 2.18. The topological polar surface area (TPSA) is 46.3 Å². The Morgan fingerprint density at radius 1 is 1.47 bits per heavy atom. The highest BCUT2D eigenvalue weighted by Crippen LogP contribution is 2.25. The van der Waals surface area contributed by atoms with Crippen molar-refractivity contribution < 1.29 is 4.79 Å². The van der Waals surface area contributed by atoms with Crippen molar-refractivity contribution in [3.8, 4) is 0 Å². The van der Waals surface area contributed by atoms with Crippen LogP contribution in [0.15, 0.2) is 0 Å². The summed E-state index contributed by atoms with van der Waals surface area (Å²) in [5.74, 6) is 3.37. The van der Waals surface area contributed by atoms with E-state index in [-0.39, 0.29) is 0 Å². The van der Waals surface area contributed by atoms with Gasteiger partial charge in [0.15, 0.2) is 0 Å². The van der Waals surface area contributed by atoms with Crippen molar-refractivity contribution in [3.05, 3.63) is 0 Å². The minimum absolute atomic E-state index is 0.292. The minimum Gasteiger partial charge on any atom is -0.346 e. The molecule has 3 nitrogen and oxygen atoms in total. The van der Waals surface area contributed by atoms with Crippen molar-refractivity contribution >= 4 is 17.7 Å². The molecule has 1 aliphatic heterocycles. The minimum atomic E-state index is 0.292. The van der Waals surface area contributed by atoms with Gasteiger partial charge >= 0.3 is 0 Å². The van der Waals surface area contributed by atoms with Crippen molar-refractivity contribution in [1.29, 1.82) is 0 Å². The molecule has 0 aromatic rings. The molecule has 0 bridgehead atoms. The van der Waals surface area contributed by atoms with E-state index in [1.54, 1.807) is 0 Å². The normalized spacial score (nSPS) is 17.7. The Kier molecular flexibility index (Phi) is 6.10. The van der Waals surface area contributed by atoms with Crippen LogP contribution in [0.3, 0.4) is 0 Å². The lowest BCUT2D eigenvalue weighted by molar-refractivity contribution is -0.131. The molecule has 1 saturated heterocycles. The van der Waals surface area contributed by atoms with Crippen LogP contribution in [0, 0.1) is 5.92 Å². The summed E-state index contributed by atoms with van der Waals surface area (Å²) in [7, 11) is 1.88. The highest BCUT2D eigenvalue weighted by atomic mass is 32.2. The first-order valence-electron chi connectivity index (χ1n) is 5.76. The monoisotopic (exact) mass is 230 g/mol. The van der Waals surface area contributed by atoms with Crippen molar-refractivity contribution in [3.63, 3.8) is 0 Å². The first-order chi connectivity index (χ1) is 7.24. The maximum absolute atomic E-state index is 11.8. The van der Waals surface area contributed by atoms with Gasteiger partial charge in [-0.2, -0.15) is 11.8 Å². The van der Waals surface area contributed by atoms with Crippen LogP contribution >= 0.6 is 11.8 Å². The molecule has 1 rings (SSSR count). The Bertz CT molecular complexity index is 193. The van der Waals surface area contributed by atoms with Crippen molar-refractivity contribution in [2.75, 3.05) is 31.6 Å². The van der Waals surface area contributed by atoms with Gasteiger partial charge in [-0.25, -0.2) is 0 Å². The zero-order valence-corrected chi connectivity index (χ0v) is 10.4. The van der Waals surface area contributed by atoms with E-state index in [9.17, 15) is 4.79 Å². The second-order valence-corrected chi connectivity index (χ2v) is 5.44. The van der Waals surface area contributed by atoms with E-state index < -0.39 is 0 Å². The van der Waals surface area contributed by atoms with E-state index in [0.717, 1.165) is 19.4 Å². The number of rotatable bonds is 5. The second-order valence-electron chi connectivity index (χ2n) is 4.22. The summed E-state index contributed by atoms with van der Waals surface area (Å²) in [5.41, 5.74) is 5.42. The third-order valence-electron chi connectivity index (χ3n) is 2.93. The standard InChI is InChI=1S/C11H22N2OS/c1-13(6-2-5-12)11(14)9-10-3-7-15-8-4-10/h10H,2-9,12H2,1H3. The van der Waals surface area contributed by atoms with E-state index >= 15 is 0 Å². The highest BCUT2D eigenvalue weighted by molar-refractivity contribution is 7.99. The number of carbonyl (C=O) groups excluding carboxylic acids is 1. The number of hydrogen-bond donors (Lipinski definition) is 1. The summed E-state index contributed by atoms with van der Waals surface area (Å²) in [6.45, 7) is 1.47. The molecule has 1 aliphatic rings. The van der Waals surface area contributed by atoms with Crippen molar-refractivity contribution in [2.24, 2.45) is 11.7 Å². The fraction of sp³-hybridized carbons (Fsp3) is 0.909. The lowest BCUT2D eigenvalue weighted by Crippen LogP contribution is -2.31. The van der Waals surface area contributed by atoms with Crippen molar-refractivity contribution in [1.82, 2.24) is 4.90 Å². The van der Waals surface area contributed by atoms with Crippen LogP contribution in [0.4, 0.5) is 0 Å². The number of nitrogens with zero attached hydrogens (tertiary/aromatic N) is 1. The zero-order valence-electron chi connectivity index (χ0n) is 9.58. The first kappa shape index (κ1) is 12.8. The Balaban J connectivity index is 2.20. The fourth-order valence-electron chi connectivity index (χ4n) is 1.81. The molecule has 2 N–H and O–H groups in total. The summed E-state index contributed by atoms with van der Waals surface area (Å²) in [6, 6.07) is 0. The van der Waals surface area contributed by atoms with Gasteiger partial charge in [-0.05, 0) is 43.2 Å². The summed E-state index contributed by atoms with van der Waals surface area (Å²) in [5, 5.41) is 0. The lowest BCUT2D eigenvalue weighted by Gasteiger charge is -2.24. The van der Waals surface area contributed by atoms with Gasteiger partial charge in [0.2, 0.25) is 5.91 Å². The molecular formula is C11H22N2OS. The average Bonchev–Trinajstić information content (AvgIpc) is 2.27. The third kappa shape index (κ3) is 4.89. The number of thioether (sulfide) groups is 1. The van der Waals surface area contributed by atoms with Gasteiger partial charge in [0, 0.05) is 20.0 Å². The first-order valence-corrected chi connectivity index (χ1v) is 6.91. The van der Waals surface area contributed by atoms with Gasteiger partial charge in [-0.1, -0.05) is 0 Å². The molecule has 0 aromatic carbocycles. The Hall–Kier alpha value is -0.220. The van der Waals surface area contributed by atoms with Crippen LogP contribution in [-0.4, -0.2) is 42.4 Å². The van der Waals surface area contributed by atoms with Gasteiger partial charge in [0.1, 0.15) is 0 Å². The van der Waals surface area contributed by atoms with Crippen molar-refractivity contribution in [2.45, 2.75) is 25.7 Å². The van der Waals surface area contributed by atoms with Gasteiger partial charge in [0.25, 0.3) is 0 Å². The molecule has 4 heteroatoms. The number of nitrogens with two attached hydrogens (primary N) is 1.